The molecule has 7 nitrogen and oxygen atoms in total. The highest BCUT2D eigenvalue weighted by molar-refractivity contribution is 5.73. The molecule has 1 heterocycles. The van der Waals surface area contributed by atoms with Crippen LogP contribution in [-0.2, 0) is 9.53 Å². The Labute approximate surface area is 72.8 Å². The Morgan fingerprint density at radius 1 is 1.00 bits per heavy atom. The second-order valence-electron chi connectivity index (χ2n) is 2.76. The summed E-state index contributed by atoms with van der Waals surface area (Å²) in [4.78, 5) is 10.4. The number of carboxylic acids is 1. The van der Waals surface area contributed by atoms with Crippen molar-refractivity contribution in [3.05, 3.63) is 0 Å². The average molecular weight is 194 g/mol. The van der Waals surface area contributed by atoms with Gasteiger partial charge in [-0.2, -0.15) is 0 Å². The van der Waals surface area contributed by atoms with E-state index in [4.69, 9.17) is 25.5 Å². The van der Waals surface area contributed by atoms with E-state index in [0.717, 1.165) is 0 Å². The molecule has 5 N–H and O–H groups in total. The first-order valence-corrected chi connectivity index (χ1v) is 3.55. The van der Waals surface area contributed by atoms with Crippen molar-refractivity contribution >= 4 is 5.97 Å². The van der Waals surface area contributed by atoms with Crippen LogP contribution < -0.4 is 0 Å². The number of carboxylic acid groups (broad SMARTS) is 1. The summed E-state index contributed by atoms with van der Waals surface area (Å²) in [5.74, 6) is -1.52. The maximum Gasteiger partial charge on any atom is 0.335 e. The van der Waals surface area contributed by atoms with Crippen molar-refractivity contribution in [1.82, 2.24) is 0 Å². The molecule has 0 radical (unpaired) electrons. The first kappa shape index (κ1) is 10.4. The average Bonchev–Trinajstić information content (AvgIpc) is 2.07. The lowest BCUT2D eigenvalue weighted by Crippen LogP contribution is -2.59. The van der Waals surface area contributed by atoms with Gasteiger partial charge in [-0.3, -0.25) is 0 Å². The predicted molar refractivity (Wildman–Crippen MR) is 36.5 cm³/mol. The molecule has 1 rings (SSSR count). The number of hydrogen-bond donors (Lipinski definition) is 5. The van der Waals surface area contributed by atoms with Crippen LogP contribution in [0.15, 0.2) is 0 Å². The van der Waals surface area contributed by atoms with E-state index in [0.29, 0.717) is 0 Å². The van der Waals surface area contributed by atoms with Gasteiger partial charge >= 0.3 is 5.97 Å². The second-order valence-corrected chi connectivity index (χ2v) is 2.76. The number of rotatable bonds is 1. The lowest BCUT2D eigenvalue weighted by molar-refractivity contribution is -0.279. The zero-order valence-corrected chi connectivity index (χ0v) is 6.44. The van der Waals surface area contributed by atoms with Gasteiger partial charge in [-0.25, -0.2) is 4.79 Å². The summed E-state index contributed by atoms with van der Waals surface area (Å²) < 4.78 is 4.34. The van der Waals surface area contributed by atoms with Crippen LogP contribution in [0.3, 0.4) is 0 Å². The molecule has 1 unspecified atom stereocenters. The molecule has 0 aliphatic carbocycles. The number of ether oxygens (including phenoxy) is 1. The highest BCUT2D eigenvalue weighted by Gasteiger charge is 2.46. The summed E-state index contributed by atoms with van der Waals surface area (Å²) in [7, 11) is 0. The van der Waals surface area contributed by atoms with Crippen LogP contribution >= 0.6 is 0 Å². The van der Waals surface area contributed by atoms with Crippen molar-refractivity contribution in [1.29, 1.82) is 0 Å². The van der Waals surface area contributed by atoms with Gasteiger partial charge in [0.2, 0.25) is 0 Å². The van der Waals surface area contributed by atoms with Crippen LogP contribution in [-0.4, -0.2) is 62.2 Å². The molecule has 0 saturated carbocycles. The van der Waals surface area contributed by atoms with Gasteiger partial charge in [0.25, 0.3) is 0 Å². The molecule has 0 aromatic rings. The standard InChI is InChI=1S/C6H10O7/c7-1-2(8)4(5(10)11)13-6(12)3(1)9/h1-4,6-9,12H,(H,10,11)/t1-,2+,3-,4?,6-/m1/s1. The molecule has 13 heavy (non-hydrogen) atoms. The minimum absolute atomic E-state index is 1.52. The van der Waals surface area contributed by atoms with Crippen molar-refractivity contribution in [3.63, 3.8) is 0 Å². The molecular formula is C6H10O7. The maximum absolute atomic E-state index is 10.4. The molecule has 76 valence electrons. The lowest BCUT2D eigenvalue weighted by Gasteiger charge is -2.36. The van der Waals surface area contributed by atoms with Gasteiger partial charge in [-0.05, 0) is 0 Å². The topological polar surface area (TPSA) is 127 Å². The number of hydrogen-bond acceptors (Lipinski definition) is 6. The second kappa shape index (κ2) is 3.56. The van der Waals surface area contributed by atoms with Crippen molar-refractivity contribution in [2.24, 2.45) is 0 Å². The minimum Gasteiger partial charge on any atom is -0.479 e. The van der Waals surface area contributed by atoms with Crippen molar-refractivity contribution in [2.75, 3.05) is 0 Å². The minimum atomic E-state index is -1.81. The van der Waals surface area contributed by atoms with Crippen LogP contribution in [0.25, 0.3) is 0 Å². The maximum atomic E-state index is 10.4. The molecule has 1 aliphatic heterocycles. The van der Waals surface area contributed by atoms with Gasteiger partial charge in [-0.15, -0.1) is 0 Å². The number of aliphatic hydroxyl groups is 4. The summed E-state index contributed by atoms with van der Waals surface area (Å²) in [5, 5.41) is 44.4. The van der Waals surface area contributed by atoms with E-state index in [1.165, 1.54) is 0 Å². The summed E-state index contributed by atoms with van der Waals surface area (Å²) in [5.41, 5.74) is 0. The molecule has 0 amide bonds. The Kier molecular flexibility index (Phi) is 2.84. The lowest BCUT2D eigenvalue weighted by atomic mass is 9.99. The summed E-state index contributed by atoms with van der Waals surface area (Å²) in [6.45, 7) is 0. The van der Waals surface area contributed by atoms with Gasteiger partial charge < -0.3 is 30.3 Å². The van der Waals surface area contributed by atoms with E-state index in [2.05, 4.69) is 4.74 Å². The molecule has 1 fully saturated rings. The molecule has 1 saturated heterocycles. The molecule has 0 spiro atoms. The monoisotopic (exact) mass is 194 g/mol. The van der Waals surface area contributed by atoms with Gasteiger partial charge in [-0.1, -0.05) is 0 Å². The largest absolute Gasteiger partial charge is 0.479 e. The molecule has 1 aliphatic rings. The summed E-state index contributed by atoms with van der Waals surface area (Å²) >= 11 is 0. The Balaban J connectivity index is 2.76. The highest BCUT2D eigenvalue weighted by atomic mass is 16.6. The normalized spacial score (nSPS) is 46.0. The molecule has 7 heteroatoms. The van der Waals surface area contributed by atoms with Crippen LogP contribution in [0.4, 0.5) is 0 Å². The van der Waals surface area contributed by atoms with E-state index >= 15 is 0 Å². The van der Waals surface area contributed by atoms with Crippen LogP contribution in [0.1, 0.15) is 0 Å². The fourth-order valence-corrected chi connectivity index (χ4v) is 1.07. The Hall–Kier alpha value is -0.730. The van der Waals surface area contributed by atoms with E-state index in [1.54, 1.807) is 0 Å². The van der Waals surface area contributed by atoms with Gasteiger partial charge in [0.15, 0.2) is 12.4 Å². The third kappa shape index (κ3) is 1.79. The van der Waals surface area contributed by atoms with Crippen molar-refractivity contribution in [3.8, 4) is 0 Å². The Morgan fingerprint density at radius 2 is 1.54 bits per heavy atom. The SMILES string of the molecule is O=C(O)C1O[C@@H](O)[C@H](O)[C@H](O)[C@@H]1O. The molecule has 0 bridgehead atoms. The zero-order valence-electron chi connectivity index (χ0n) is 6.44. The molecular weight excluding hydrogens is 184 g/mol. The summed E-state index contributed by atoms with van der Waals surface area (Å²) in [6, 6.07) is 0. The fraction of sp³-hybridized carbons (Fsp3) is 0.833. The Morgan fingerprint density at radius 3 is 2.00 bits per heavy atom. The Bertz CT molecular complexity index is 205. The molecule has 0 aromatic carbocycles. The third-order valence-electron chi connectivity index (χ3n) is 1.83. The van der Waals surface area contributed by atoms with Gasteiger partial charge in [0.05, 0.1) is 0 Å². The van der Waals surface area contributed by atoms with E-state index in [9.17, 15) is 4.79 Å². The van der Waals surface area contributed by atoms with E-state index in [-0.39, 0.29) is 0 Å². The molecule has 5 atom stereocenters. The number of aliphatic carboxylic acids is 1. The smallest absolute Gasteiger partial charge is 0.335 e. The van der Waals surface area contributed by atoms with E-state index in [1.807, 2.05) is 0 Å². The zero-order chi connectivity index (χ0) is 10.2. The van der Waals surface area contributed by atoms with Crippen molar-refractivity contribution in [2.45, 2.75) is 30.7 Å². The third-order valence-corrected chi connectivity index (χ3v) is 1.83. The van der Waals surface area contributed by atoms with Gasteiger partial charge in [0, 0.05) is 0 Å². The predicted octanol–water partition coefficient (Wildman–Crippen LogP) is -3.13. The first-order chi connectivity index (χ1) is 5.95. The van der Waals surface area contributed by atoms with Crippen LogP contribution in [0.2, 0.25) is 0 Å². The van der Waals surface area contributed by atoms with Crippen molar-refractivity contribution < 1.29 is 35.1 Å². The van der Waals surface area contributed by atoms with E-state index < -0.39 is 36.7 Å². The fourth-order valence-electron chi connectivity index (χ4n) is 1.07. The first-order valence-electron chi connectivity index (χ1n) is 3.55. The number of aliphatic hydroxyl groups excluding tert-OH is 4. The number of carbonyl (C=O) groups is 1. The quantitative estimate of drug-likeness (QED) is 0.298. The van der Waals surface area contributed by atoms with Gasteiger partial charge in [0.1, 0.15) is 18.3 Å². The van der Waals surface area contributed by atoms with Crippen LogP contribution in [0.5, 0.6) is 0 Å². The summed E-state index contributed by atoms with van der Waals surface area (Å²) in [6.07, 6.45) is -8.72. The molecule has 0 aromatic heterocycles. The van der Waals surface area contributed by atoms with Crippen LogP contribution in [0, 0.1) is 0 Å². The highest BCUT2D eigenvalue weighted by Crippen LogP contribution is 2.19.